The van der Waals surface area contributed by atoms with Crippen LogP contribution in [0.5, 0.6) is 5.75 Å². The van der Waals surface area contributed by atoms with Crippen LogP contribution in [0.2, 0.25) is 5.02 Å². The lowest BCUT2D eigenvalue weighted by Gasteiger charge is -2.15. The summed E-state index contributed by atoms with van der Waals surface area (Å²) in [5.74, 6) is 0.996. The van der Waals surface area contributed by atoms with Crippen molar-refractivity contribution >= 4 is 28.7 Å². The van der Waals surface area contributed by atoms with Gasteiger partial charge in [-0.15, -0.1) is 0 Å². The molecule has 5 rings (SSSR count). The SMILES string of the molecule is Cn1c2c(c3ccc(-n4ccc(OCc5ccc(Cl)cc5)cc4=O)nc31)CCN(C(=O)O)CC2. The van der Waals surface area contributed by atoms with Gasteiger partial charge in [0.1, 0.15) is 23.8 Å². The van der Waals surface area contributed by atoms with E-state index in [9.17, 15) is 14.7 Å². The largest absolute Gasteiger partial charge is 0.489 e. The molecule has 1 aliphatic heterocycles. The van der Waals surface area contributed by atoms with E-state index in [1.165, 1.54) is 15.5 Å². The van der Waals surface area contributed by atoms with Crippen LogP contribution in [0.15, 0.2) is 59.5 Å². The first-order valence-electron chi connectivity index (χ1n) is 11.0. The molecule has 4 heterocycles. The maximum absolute atomic E-state index is 12.8. The second-order valence-corrected chi connectivity index (χ2v) is 8.72. The summed E-state index contributed by atoms with van der Waals surface area (Å²) in [5, 5.41) is 11.0. The van der Waals surface area contributed by atoms with Gasteiger partial charge in [0.15, 0.2) is 0 Å². The highest BCUT2D eigenvalue weighted by Crippen LogP contribution is 2.28. The van der Waals surface area contributed by atoms with Crippen LogP contribution in [0.25, 0.3) is 16.9 Å². The number of hydrogen-bond donors (Lipinski definition) is 1. The van der Waals surface area contributed by atoms with Crippen LogP contribution < -0.4 is 10.3 Å². The summed E-state index contributed by atoms with van der Waals surface area (Å²) >= 11 is 5.91. The van der Waals surface area contributed by atoms with Crippen molar-refractivity contribution in [3.8, 4) is 11.6 Å². The molecular weight excluding hydrogens is 456 g/mol. The van der Waals surface area contributed by atoms with Crippen molar-refractivity contribution in [1.82, 2.24) is 19.0 Å². The summed E-state index contributed by atoms with van der Waals surface area (Å²) in [6, 6.07) is 14.3. The number of fused-ring (bicyclic) bond motifs is 3. The first-order valence-corrected chi connectivity index (χ1v) is 11.3. The first-order chi connectivity index (χ1) is 16.4. The molecule has 0 saturated heterocycles. The minimum atomic E-state index is -0.891. The molecule has 1 amide bonds. The van der Waals surface area contributed by atoms with E-state index in [1.807, 2.05) is 35.9 Å². The molecular formula is C25H23ClN4O4. The molecule has 0 atom stereocenters. The molecule has 0 aliphatic carbocycles. The van der Waals surface area contributed by atoms with E-state index in [-0.39, 0.29) is 5.56 Å². The summed E-state index contributed by atoms with van der Waals surface area (Å²) in [6.45, 7) is 1.25. The number of benzene rings is 1. The predicted molar refractivity (Wildman–Crippen MR) is 129 cm³/mol. The molecule has 8 nitrogen and oxygen atoms in total. The third kappa shape index (κ3) is 4.12. The van der Waals surface area contributed by atoms with Gasteiger partial charge in [-0.05, 0) is 47.9 Å². The van der Waals surface area contributed by atoms with Crippen LogP contribution in [0.1, 0.15) is 16.8 Å². The van der Waals surface area contributed by atoms with Gasteiger partial charge in [-0.2, -0.15) is 0 Å². The topological polar surface area (TPSA) is 89.6 Å². The highest BCUT2D eigenvalue weighted by molar-refractivity contribution is 6.30. The zero-order chi connectivity index (χ0) is 23.8. The van der Waals surface area contributed by atoms with Crippen LogP contribution in [0.3, 0.4) is 0 Å². The van der Waals surface area contributed by atoms with E-state index in [1.54, 1.807) is 24.4 Å². The Labute approximate surface area is 200 Å². The number of rotatable bonds is 4. The molecule has 174 valence electrons. The van der Waals surface area contributed by atoms with Gasteiger partial charge in [0.2, 0.25) is 0 Å². The molecule has 34 heavy (non-hydrogen) atoms. The maximum Gasteiger partial charge on any atom is 0.407 e. The Kier molecular flexibility index (Phi) is 5.75. The zero-order valence-corrected chi connectivity index (χ0v) is 19.3. The summed E-state index contributed by atoms with van der Waals surface area (Å²) in [7, 11) is 1.94. The lowest BCUT2D eigenvalue weighted by molar-refractivity contribution is 0.147. The maximum atomic E-state index is 12.8. The Hall–Kier alpha value is -3.78. The van der Waals surface area contributed by atoms with Gasteiger partial charge in [0.05, 0.1) is 0 Å². The lowest BCUT2D eigenvalue weighted by Crippen LogP contribution is -2.31. The highest BCUT2D eigenvalue weighted by atomic mass is 35.5. The number of ether oxygens (including phenoxy) is 1. The summed E-state index contributed by atoms with van der Waals surface area (Å²) in [4.78, 5) is 30.4. The molecule has 0 bridgehead atoms. The number of pyridine rings is 2. The third-order valence-corrected chi connectivity index (χ3v) is 6.49. The molecule has 0 saturated carbocycles. The molecule has 1 N–H and O–H groups in total. The minimum Gasteiger partial charge on any atom is -0.489 e. The van der Waals surface area contributed by atoms with Gasteiger partial charge in [0, 0.05) is 54.9 Å². The molecule has 9 heteroatoms. The fourth-order valence-corrected chi connectivity index (χ4v) is 4.55. The summed E-state index contributed by atoms with van der Waals surface area (Å²) in [5.41, 5.74) is 3.70. The average molecular weight is 479 g/mol. The second kappa shape index (κ2) is 8.87. The molecule has 0 spiro atoms. The number of aromatic nitrogens is 3. The third-order valence-electron chi connectivity index (χ3n) is 6.23. The number of amides is 1. The van der Waals surface area contributed by atoms with Crippen molar-refractivity contribution in [2.75, 3.05) is 13.1 Å². The Morgan fingerprint density at radius 1 is 1.12 bits per heavy atom. The number of carboxylic acid groups (broad SMARTS) is 1. The molecule has 0 fully saturated rings. The van der Waals surface area contributed by atoms with Gasteiger partial charge in [-0.1, -0.05) is 23.7 Å². The molecule has 0 unspecified atom stereocenters. The van der Waals surface area contributed by atoms with Crippen molar-refractivity contribution in [3.63, 3.8) is 0 Å². The van der Waals surface area contributed by atoms with E-state index < -0.39 is 6.09 Å². The molecule has 4 aromatic rings. The van der Waals surface area contributed by atoms with Crippen molar-refractivity contribution in [2.45, 2.75) is 19.4 Å². The van der Waals surface area contributed by atoms with Crippen LogP contribution in [0.4, 0.5) is 4.79 Å². The molecule has 3 aromatic heterocycles. The van der Waals surface area contributed by atoms with Gasteiger partial charge in [-0.25, -0.2) is 9.78 Å². The van der Waals surface area contributed by atoms with E-state index in [0.717, 1.165) is 27.9 Å². The fourth-order valence-electron chi connectivity index (χ4n) is 4.42. The van der Waals surface area contributed by atoms with E-state index >= 15 is 0 Å². The fraction of sp³-hybridized carbons (Fsp3) is 0.240. The zero-order valence-electron chi connectivity index (χ0n) is 18.6. The van der Waals surface area contributed by atoms with Crippen LogP contribution in [-0.4, -0.2) is 43.3 Å². The van der Waals surface area contributed by atoms with Crippen molar-refractivity contribution in [2.24, 2.45) is 7.05 Å². The van der Waals surface area contributed by atoms with Gasteiger partial charge < -0.3 is 19.3 Å². The van der Waals surface area contributed by atoms with Gasteiger partial charge >= 0.3 is 6.09 Å². The van der Waals surface area contributed by atoms with Crippen molar-refractivity contribution in [1.29, 1.82) is 0 Å². The number of nitrogens with zero attached hydrogens (tertiary/aromatic N) is 4. The molecule has 1 aliphatic rings. The quantitative estimate of drug-likeness (QED) is 0.478. The lowest BCUT2D eigenvalue weighted by atomic mass is 10.1. The Balaban J connectivity index is 1.40. The average Bonchev–Trinajstić information content (AvgIpc) is 2.97. The Morgan fingerprint density at radius 3 is 2.62 bits per heavy atom. The Morgan fingerprint density at radius 2 is 1.88 bits per heavy atom. The summed E-state index contributed by atoms with van der Waals surface area (Å²) < 4.78 is 9.25. The minimum absolute atomic E-state index is 0.242. The normalized spacial score (nSPS) is 13.5. The number of carbonyl (C=O) groups is 1. The van der Waals surface area contributed by atoms with Crippen LogP contribution in [0, 0.1) is 0 Å². The predicted octanol–water partition coefficient (Wildman–Crippen LogP) is 4.04. The second-order valence-electron chi connectivity index (χ2n) is 8.28. The first kappa shape index (κ1) is 22.0. The Bertz CT molecular complexity index is 1440. The number of hydrogen-bond acceptors (Lipinski definition) is 4. The van der Waals surface area contributed by atoms with E-state index in [2.05, 4.69) is 0 Å². The van der Waals surface area contributed by atoms with Crippen LogP contribution in [-0.2, 0) is 26.5 Å². The summed E-state index contributed by atoms with van der Waals surface area (Å²) in [6.07, 6.45) is 2.03. The van der Waals surface area contributed by atoms with E-state index in [4.69, 9.17) is 21.3 Å². The van der Waals surface area contributed by atoms with Crippen molar-refractivity contribution < 1.29 is 14.6 Å². The van der Waals surface area contributed by atoms with Crippen molar-refractivity contribution in [3.05, 3.63) is 86.9 Å². The van der Waals surface area contributed by atoms with Gasteiger partial charge in [-0.3, -0.25) is 9.36 Å². The van der Waals surface area contributed by atoms with Crippen LogP contribution >= 0.6 is 11.6 Å². The van der Waals surface area contributed by atoms with Gasteiger partial charge in [0.25, 0.3) is 5.56 Å². The highest BCUT2D eigenvalue weighted by Gasteiger charge is 2.23. The smallest absolute Gasteiger partial charge is 0.407 e. The number of aryl methyl sites for hydroxylation is 1. The monoisotopic (exact) mass is 478 g/mol. The standard InChI is InChI=1S/C25H23ClN4O4/c1-28-21-10-12-29(25(32)33)11-9-19(21)20-6-7-22(27-24(20)28)30-13-8-18(14-23(30)31)34-15-16-2-4-17(26)5-3-16/h2-8,13-14H,9-12,15H2,1H3,(H,32,33). The molecule has 0 radical (unpaired) electrons. The number of halogens is 1. The van der Waals surface area contributed by atoms with E-state index in [0.29, 0.717) is 49.1 Å². The molecule has 1 aromatic carbocycles.